The van der Waals surface area contributed by atoms with E-state index < -0.39 is 17.8 Å². The molecule has 1 aliphatic heterocycles. The van der Waals surface area contributed by atoms with Gasteiger partial charge in [0.05, 0.1) is 18.1 Å². The Balaban J connectivity index is 2.48. The quantitative estimate of drug-likeness (QED) is 0.905. The number of rotatable bonds is 3. The third kappa shape index (κ3) is 2.39. The normalized spacial score (nSPS) is 18.9. The molecule has 0 aliphatic carbocycles. The van der Waals surface area contributed by atoms with Crippen molar-refractivity contribution in [2.75, 3.05) is 0 Å². The minimum absolute atomic E-state index is 0.261. The average molecular weight is 266 g/mol. The molecule has 0 saturated carbocycles. The molecule has 5 heteroatoms. The number of aryl methyl sites for hydroxylation is 1. The van der Waals surface area contributed by atoms with E-state index in [1.54, 1.807) is 6.92 Å². The highest BCUT2D eigenvalue weighted by Crippen LogP contribution is 2.34. The van der Waals surface area contributed by atoms with E-state index in [-0.39, 0.29) is 5.91 Å². The highest BCUT2D eigenvalue weighted by molar-refractivity contribution is 6.07. The van der Waals surface area contributed by atoms with Gasteiger partial charge in [-0.25, -0.2) is 5.43 Å². The number of hydrogen-bond acceptors (Lipinski definition) is 4. The fraction of sp³-hybridized carbons (Fsp3) is 0.333. The zero-order chi connectivity index (χ0) is 14.7. The molecule has 0 fully saturated rings. The fourth-order valence-electron chi connectivity index (χ4n) is 2.45. The van der Waals surface area contributed by atoms with Crippen molar-refractivity contribution in [3.63, 3.8) is 0 Å². The van der Waals surface area contributed by atoms with Gasteiger partial charge in [-0.15, -0.1) is 0 Å². The number of nitriles is 2. The van der Waals surface area contributed by atoms with Gasteiger partial charge in [0.2, 0.25) is 5.91 Å². The van der Waals surface area contributed by atoms with Gasteiger partial charge in [0.25, 0.3) is 0 Å². The minimum Gasteiger partial charge on any atom is -0.272 e. The van der Waals surface area contributed by atoms with Crippen molar-refractivity contribution in [3.05, 3.63) is 35.4 Å². The maximum atomic E-state index is 12.0. The Hall–Kier alpha value is -2.66. The predicted molar refractivity (Wildman–Crippen MR) is 73.4 cm³/mol. The second-order valence-corrected chi connectivity index (χ2v) is 4.88. The topological polar surface area (TPSA) is 89.0 Å². The molecule has 1 amide bonds. The first-order valence-electron chi connectivity index (χ1n) is 6.28. The van der Waals surface area contributed by atoms with Crippen LogP contribution >= 0.6 is 0 Å². The Labute approximate surface area is 117 Å². The number of carbonyl (C=O) groups is 1. The molecule has 2 rings (SSSR count). The van der Waals surface area contributed by atoms with Crippen LogP contribution in [0.5, 0.6) is 0 Å². The van der Waals surface area contributed by atoms with E-state index in [1.807, 2.05) is 43.3 Å². The van der Waals surface area contributed by atoms with E-state index >= 15 is 0 Å². The van der Waals surface area contributed by atoms with Crippen molar-refractivity contribution in [3.8, 4) is 12.1 Å². The number of benzene rings is 1. The molecule has 0 bridgehead atoms. The molecule has 1 aliphatic rings. The summed E-state index contributed by atoms with van der Waals surface area (Å²) in [5.41, 5.74) is 4.91. The molecule has 2 atom stereocenters. The third-order valence-electron chi connectivity index (χ3n) is 3.53. The first kappa shape index (κ1) is 13.8. The molecule has 0 aromatic heterocycles. The molecule has 1 N–H and O–H groups in total. The summed E-state index contributed by atoms with van der Waals surface area (Å²) >= 11 is 0. The summed E-state index contributed by atoms with van der Waals surface area (Å²) in [5, 5.41) is 22.3. The number of hydrazone groups is 1. The smallest absolute Gasteiger partial charge is 0.249 e. The van der Waals surface area contributed by atoms with Crippen LogP contribution in [0.1, 0.15) is 24.0 Å². The van der Waals surface area contributed by atoms with Crippen LogP contribution in [0.15, 0.2) is 29.4 Å². The lowest BCUT2D eigenvalue weighted by atomic mass is 9.76. The Morgan fingerprint density at radius 3 is 2.25 bits per heavy atom. The van der Waals surface area contributed by atoms with Crippen molar-refractivity contribution >= 4 is 11.6 Å². The molecule has 0 spiro atoms. The zero-order valence-corrected chi connectivity index (χ0v) is 11.3. The van der Waals surface area contributed by atoms with Gasteiger partial charge < -0.3 is 0 Å². The van der Waals surface area contributed by atoms with Crippen molar-refractivity contribution in [2.45, 2.75) is 19.8 Å². The molecule has 2 unspecified atom stereocenters. The van der Waals surface area contributed by atoms with Gasteiger partial charge in [-0.05, 0) is 19.4 Å². The summed E-state index contributed by atoms with van der Waals surface area (Å²) in [6.07, 6.45) is 0. The lowest BCUT2D eigenvalue weighted by Gasteiger charge is -2.23. The highest BCUT2D eigenvalue weighted by Gasteiger charge is 2.40. The van der Waals surface area contributed by atoms with Crippen molar-refractivity contribution in [1.82, 2.24) is 5.43 Å². The second kappa shape index (κ2) is 5.54. The molecule has 100 valence electrons. The van der Waals surface area contributed by atoms with Crippen LogP contribution in [-0.2, 0) is 4.79 Å². The van der Waals surface area contributed by atoms with Gasteiger partial charge in [-0.1, -0.05) is 29.8 Å². The number of nitrogens with one attached hydrogen (secondary N) is 1. The summed E-state index contributed by atoms with van der Waals surface area (Å²) in [6, 6.07) is 11.5. The largest absolute Gasteiger partial charge is 0.272 e. The molecule has 1 aromatic carbocycles. The molecule has 0 radical (unpaired) electrons. The Morgan fingerprint density at radius 1 is 1.20 bits per heavy atom. The molecule has 5 nitrogen and oxygen atoms in total. The first-order chi connectivity index (χ1) is 9.58. The SMILES string of the molecule is CC1=NNC(=O)C1C(c1ccc(C)cc1)C(C#N)C#N. The van der Waals surface area contributed by atoms with Gasteiger partial charge in [0, 0.05) is 11.6 Å². The maximum absolute atomic E-state index is 12.0. The van der Waals surface area contributed by atoms with Crippen LogP contribution in [0.25, 0.3) is 0 Å². The van der Waals surface area contributed by atoms with Crippen molar-refractivity contribution in [1.29, 1.82) is 10.5 Å². The lowest BCUT2D eigenvalue weighted by Crippen LogP contribution is -2.32. The number of carbonyl (C=O) groups excluding carboxylic acids is 1. The molecule has 1 aromatic rings. The van der Waals surface area contributed by atoms with E-state index in [9.17, 15) is 15.3 Å². The van der Waals surface area contributed by atoms with E-state index in [0.717, 1.165) is 11.1 Å². The zero-order valence-electron chi connectivity index (χ0n) is 11.3. The Morgan fingerprint density at radius 2 is 1.80 bits per heavy atom. The van der Waals surface area contributed by atoms with Gasteiger partial charge >= 0.3 is 0 Å². The summed E-state index contributed by atoms with van der Waals surface area (Å²) in [6.45, 7) is 3.69. The van der Waals surface area contributed by atoms with Crippen molar-refractivity contribution in [2.24, 2.45) is 16.9 Å². The maximum Gasteiger partial charge on any atom is 0.249 e. The Kier molecular flexibility index (Phi) is 3.81. The van der Waals surface area contributed by atoms with E-state index in [0.29, 0.717) is 5.71 Å². The Bertz CT molecular complexity index is 619. The lowest BCUT2D eigenvalue weighted by molar-refractivity contribution is -0.122. The number of nitrogens with zero attached hydrogens (tertiary/aromatic N) is 3. The highest BCUT2D eigenvalue weighted by atomic mass is 16.2. The number of hydrogen-bond donors (Lipinski definition) is 1. The minimum atomic E-state index is -0.892. The summed E-state index contributed by atoms with van der Waals surface area (Å²) < 4.78 is 0. The number of amides is 1. The van der Waals surface area contributed by atoms with Crippen LogP contribution in [-0.4, -0.2) is 11.6 Å². The molecule has 0 saturated heterocycles. The van der Waals surface area contributed by atoms with Gasteiger partial charge in [0.15, 0.2) is 0 Å². The average Bonchev–Trinajstić information content (AvgIpc) is 2.77. The summed E-state index contributed by atoms with van der Waals surface area (Å²) in [4.78, 5) is 12.0. The molecule has 20 heavy (non-hydrogen) atoms. The van der Waals surface area contributed by atoms with Crippen molar-refractivity contribution < 1.29 is 4.79 Å². The van der Waals surface area contributed by atoms with Gasteiger partial charge in [-0.2, -0.15) is 15.6 Å². The van der Waals surface area contributed by atoms with Crippen LogP contribution in [0.2, 0.25) is 0 Å². The van der Waals surface area contributed by atoms with Crippen LogP contribution in [0, 0.1) is 41.4 Å². The predicted octanol–water partition coefficient (Wildman–Crippen LogP) is 1.86. The molecular formula is C15H14N4O. The van der Waals surface area contributed by atoms with Crippen LogP contribution < -0.4 is 5.43 Å². The van der Waals surface area contributed by atoms with E-state index in [4.69, 9.17) is 0 Å². The summed E-state index contributed by atoms with van der Waals surface area (Å²) in [7, 11) is 0. The standard InChI is InChI=1S/C15H14N4O/c1-9-3-5-11(6-4-9)14(12(7-16)8-17)13-10(2)18-19-15(13)20/h3-6,12-14H,1-2H3,(H,19,20). The van der Waals surface area contributed by atoms with Gasteiger partial charge in [-0.3, -0.25) is 4.79 Å². The van der Waals surface area contributed by atoms with Crippen LogP contribution in [0.4, 0.5) is 0 Å². The monoisotopic (exact) mass is 266 g/mol. The van der Waals surface area contributed by atoms with E-state index in [2.05, 4.69) is 10.5 Å². The van der Waals surface area contributed by atoms with Crippen LogP contribution in [0.3, 0.4) is 0 Å². The fourth-order valence-corrected chi connectivity index (χ4v) is 2.45. The van der Waals surface area contributed by atoms with E-state index in [1.165, 1.54) is 0 Å². The molecular weight excluding hydrogens is 252 g/mol. The third-order valence-corrected chi connectivity index (χ3v) is 3.53. The first-order valence-corrected chi connectivity index (χ1v) is 6.28. The van der Waals surface area contributed by atoms with Gasteiger partial charge in [0.1, 0.15) is 5.92 Å². The summed E-state index contributed by atoms with van der Waals surface area (Å²) in [5.74, 6) is -2.22. The second-order valence-electron chi connectivity index (χ2n) is 4.88. The molecule has 1 heterocycles.